The van der Waals surface area contributed by atoms with Crippen LogP contribution in [0.1, 0.15) is 18.2 Å². The highest BCUT2D eigenvalue weighted by molar-refractivity contribution is 5.34. The first-order valence-electron chi connectivity index (χ1n) is 4.39. The largest absolute Gasteiger partial charge is 0.473 e. The van der Waals surface area contributed by atoms with Gasteiger partial charge in [0.2, 0.25) is 5.88 Å². The molecule has 0 amide bonds. The van der Waals surface area contributed by atoms with Crippen LogP contribution >= 0.6 is 0 Å². The number of nitrogens with zero attached hydrogens (tertiary/aromatic N) is 2. The van der Waals surface area contributed by atoms with Crippen LogP contribution in [0.4, 0.5) is 0 Å². The predicted octanol–water partition coefficient (Wildman–Crippen LogP) is 2.22. The van der Waals surface area contributed by atoms with E-state index in [-0.39, 0.29) is 0 Å². The number of rotatable bonds is 3. The lowest BCUT2D eigenvalue weighted by molar-refractivity contribution is 0.347. The Bertz CT molecular complexity index is 377. The van der Waals surface area contributed by atoms with Crippen LogP contribution in [-0.2, 0) is 0 Å². The Morgan fingerprint density at radius 1 is 1.57 bits per heavy atom. The van der Waals surface area contributed by atoms with Gasteiger partial charge in [-0.1, -0.05) is 12.2 Å². The number of ether oxygens (including phenoxy) is 1. The standard InChI is InChI=1S/C11H12N2O/c1-3-4-5-14-11-7-10(8-12)6-9(2)13-11/h3-4,6-7H,5H2,1-2H3/b4-3+. The van der Waals surface area contributed by atoms with Crippen molar-refractivity contribution >= 4 is 0 Å². The normalized spacial score (nSPS) is 10.1. The van der Waals surface area contributed by atoms with Gasteiger partial charge in [-0.15, -0.1) is 0 Å². The number of nitriles is 1. The molecule has 0 atom stereocenters. The maximum Gasteiger partial charge on any atom is 0.215 e. The Hall–Kier alpha value is -1.82. The second-order valence-electron chi connectivity index (χ2n) is 2.83. The third-order valence-electron chi connectivity index (χ3n) is 1.62. The first kappa shape index (κ1) is 10.3. The summed E-state index contributed by atoms with van der Waals surface area (Å²) in [5, 5.41) is 8.71. The summed E-state index contributed by atoms with van der Waals surface area (Å²) in [6, 6.07) is 5.42. The van der Waals surface area contributed by atoms with E-state index in [0.717, 1.165) is 5.69 Å². The number of hydrogen-bond acceptors (Lipinski definition) is 3. The molecule has 14 heavy (non-hydrogen) atoms. The van der Waals surface area contributed by atoms with Gasteiger partial charge in [0.25, 0.3) is 0 Å². The zero-order chi connectivity index (χ0) is 10.4. The van der Waals surface area contributed by atoms with Crippen LogP contribution in [0.15, 0.2) is 24.3 Å². The smallest absolute Gasteiger partial charge is 0.215 e. The Morgan fingerprint density at radius 2 is 2.36 bits per heavy atom. The Balaban J connectivity index is 2.77. The number of allylic oxidation sites excluding steroid dienone is 1. The average Bonchev–Trinajstić information content (AvgIpc) is 2.17. The van der Waals surface area contributed by atoms with Gasteiger partial charge in [-0.3, -0.25) is 0 Å². The lowest BCUT2D eigenvalue weighted by Gasteiger charge is -2.03. The Labute approximate surface area is 83.7 Å². The molecule has 0 aliphatic rings. The minimum absolute atomic E-state index is 0.484. The molecule has 0 radical (unpaired) electrons. The van der Waals surface area contributed by atoms with E-state index in [0.29, 0.717) is 18.1 Å². The molecule has 0 aromatic carbocycles. The van der Waals surface area contributed by atoms with E-state index in [9.17, 15) is 0 Å². The summed E-state index contributed by atoms with van der Waals surface area (Å²) in [6.45, 7) is 4.24. The molecule has 0 aliphatic carbocycles. The SMILES string of the molecule is C/C=C/COc1cc(C#N)cc(C)n1. The molecule has 1 aromatic rings. The predicted molar refractivity (Wildman–Crippen MR) is 54.0 cm³/mol. The fraction of sp³-hybridized carbons (Fsp3) is 0.273. The van der Waals surface area contributed by atoms with Crippen molar-refractivity contribution in [2.45, 2.75) is 13.8 Å². The van der Waals surface area contributed by atoms with E-state index >= 15 is 0 Å². The van der Waals surface area contributed by atoms with Crippen LogP contribution in [0.25, 0.3) is 0 Å². The Morgan fingerprint density at radius 3 is 3.00 bits per heavy atom. The highest BCUT2D eigenvalue weighted by atomic mass is 16.5. The highest BCUT2D eigenvalue weighted by Gasteiger charge is 1.99. The lowest BCUT2D eigenvalue weighted by Crippen LogP contribution is -1.97. The molecule has 0 aliphatic heterocycles. The van der Waals surface area contributed by atoms with Crippen molar-refractivity contribution in [3.8, 4) is 11.9 Å². The van der Waals surface area contributed by atoms with Gasteiger partial charge in [0.1, 0.15) is 6.61 Å². The zero-order valence-electron chi connectivity index (χ0n) is 8.32. The molecular weight excluding hydrogens is 176 g/mol. The lowest BCUT2D eigenvalue weighted by atomic mass is 10.2. The third-order valence-corrected chi connectivity index (χ3v) is 1.62. The number of pyridine rings is 1. The minimum Gasteiger partial charge on any atom is -0.473 e. The minimum atomic E-state index is 0.484. The summed E-state index contributed by atoms with van der Waals surface area (Å²) in [5.74, 6) is 0.500. The molecule has 0 fully saturated rings. The molecular formula is C11H12N2O. The first-order chi connectivity index (χ1) is 6.76. The van der Waals surface area contributed by atoms with Crippen LogP contribution < -0.4 is 4.74 Å². The van der Waals surface area contributed by atoms with Crippen molar-refractivity contribution in [3.05, 3.63) is 35.5 Å². The molecule has 72 valence electrons. The van der Waals surface area contributed by atoms with Crippen LogP contribution in [0.2, 0.25) is 0 Å². The topological polar surface area (TPSA) is 45.9 Å². The van der Waals surface area contributed by atoms with Crippen LogP contribution in [0.5, 0.6) is 5.88 Å². The second kappa shape index (κ2) is 5.03. The second-order valence-corrected chi connectivity index (χ2v) is 2.83. The number of hydrogen-bond donors (Lipinski definition) is 0. The van der Waals surface area contributed by atoms with Crippen molar-refractivity contribution in [1.29, 1.82) is 5.26 Å². The summed E-state index contributed by atoms with van der Waals surface area (Å²) in [6.07, 6.45) is 3.79. The van der Waals surface area contributed by atoms with E-state index < -0.39 is 0 Å². The van der Waals surface area contributed by atoms with Crippen LogP contribution in [0.3, 0.4) is 0 Å². The molecule has 1 aromatic heterocycles. The monoisotopic (exact) mass is 188 g/mol. The van der Waals surface area contributed by atoms with Gasteiger partial charge in [-0.05, 0) is 19.9 Å². The molecule has 0 N–H and O–H groups in total. The van der Waals surface area contributed by atoms with E-state index in [1.165, 1.54) is 0 Å². The summed E-state index contributed by atoms with van der Waals surface area (Å²) in [7, 11) is 0. The molecule has 1 heterocycles. The van der Waals surface area contributed by atoms with E-state index in [1.807, 2.05) is 26.0 Å². The Kier molecular flexibility index (Phi) is 3.69. The first-order valence-corrected chi connectivity index (χ1v) is 4.39. The quantitative estimate of drug-likeness (QED) is 0.683. The van der Waals surface area contributed by atoms with E-state index in [2.05, 4.69) is 11.1 Å². The van der Waals surface area contributed by atoms with E-state index in [4.69, 9.17) is 10.00 Å². The molecule has 0 unspecified atom stereocenters. The number of aromatic nitrogens is 1. The van der Waals surface area contributed by atoms with Crippen LogP contribution in [0, 0.1) is 18.3 Å². The van der Waals surface area contributed by atoms with Gasteiger partial charge in [-0.2, -0.15) is 5.26 Å². The molecule has 3 heteroatoms. The third kappa shape index (κ3) is 2.91. The fourth-order valence-corrected chi connectivity index (χ4v) is 1.01. The van der Waals surface area contributed by atoms with Crippen molar-refractivity contribution in [1.82, 2.24) is 4.98 Å². The van der Waals surface area contributed by atoms with Crippen molar-refractivity contribution in [3.63, 3.8) is 0 Å². The maximum atomic E-state index is 8.71. The van der Waals surface area contributed by atoms with Gasteiger partial charge in [0.05, 0.1) is 11.6 Å². The molecule has 0 spiro atoms. The number of aryl methyl sites for hydroxylation is 1. The van der Waals surface area contributed by atoms with Gasteiger partial charge >= 0.3 is 0 Å². The van der Waals surface area contributed by atoms with Crippen molar-refractivity contribution in [2.75, 3.05) is 6.61 Å². The maximum absolute atomic E-state index is 8.71. The zero-order valence-corrected chi connectivity index (χ0v) is 8.32. The van der Waals surface area contributed by atoms with Gasteiger partial charge < -0.3 is 4.74 Å². The van der Waals surface area contributed by atoms with Gasteiger partial charge in [0.15, 0.2) is 0 Å². The molecule has 0 saturated carbocycles. The van der Waals surface area contributed by atoms with Gasteiger partial charge in [-0.25, -0.2) is 4.98 Å². The molecule has 1 rings (SSSR count). The van der Waals surface area contributed by atoms with Crippen LogP contribution in [-0.4, -0.2) is 11.6 Å². The van der Waals surface area contributed by atoms with Crippen molar-refractivity contribution in [2.24, 2.45) is 0 Å². The molecule has 3 nitrogen and oxygen atoms in total. The van der Waals surface area contributed by atoms with Crippen molar-refractivity contribution < 1.29 is 4.74 Å². The fourth-order valence-electron chi connectivity index (χ4n) is 1.01. The summed E-state index contributed by atoms with van der Waals surface area (Å²) >= 11 is 0. The van der Waals surface area contributed by atoms with Gasteiger partial charge in [0, 0.05) is 11.8 Å². The van der Waals surface area contributed by atoms with E-state index in [1.54, 1.807) is 12.1 Å². The molecule has 0 bridgehead atoms. The summed E-state index contributed by atoms with van der Waals surface area (Å²) < 4.78 is 5.32. The summed E-state index contributed by atoms with van der Waals surface area (Å²) in [4.78, 5) is 4.15. The average molecular weight is 188 g/mol. The summed E-state index contributed by atoms with van der Waals surface area (Å²) in [5.41, 5.74) is 1.37. The molecule has 0 saturated heterocycles. The highest BCUT2D eigenvalue weighted by Crippen LogP contribution is 2.11.